The summed E-state index contributed by atoms with van der Waals surface area (Å²) in [7, 11) is -3.62. The zero-order chi connectivity index (χ0) is 18.9. The van der Waals surface area contributed by atoms with Crippen LogP contribution in [0.5, 0.6) is 0 Å². The molecular formula is C19H30ClN3O3S. The van der Waals surface area contributed by atoms with Crippen LogP contribution >= 0.6 is 12.4 Å². The number of benzene rings is 1. The Morgan fingerprint density at radius 3 is 2.56 bits per heavy atom. The van der Waals surface area contributed by atoms with Gasteiger partial charge in [-0.3, -0.25) is 4.79 Å². The molecule has 2 aliphatic rings. The van der Waals surface area contributed by atoms with Crippen LogP contribution in [0.1, 0.15) is 55.5 Å². The molecule has 0 spiro atoms. The van der Waals surface area contributed by atoms with Gasteiger partial charge in [-0.2, -0.15) is 0 Å². The molecule has 27 heavy (non-hydrogen) atoms. The summed E-state index contributed by atoms with van der Waals surface area (Å²) < 4.78 is 28.5. The second-order valence-electron chi connectivity index (χ2n) is 7.56. The minimum atomic E-state index is -3.62. The number of sulfonamides is 1. The molecule has 1 heterocycles. The number of amides is 1. The lowest BCUT2D eigenvalue weighted by Crippen LogP contribution is -2.57. The maximum Gasteiger partial charge on any atom is 0.254 e. The van der Waals surface area contributed by atoms with E-state index in [0.717, 1.165) is 32.2 Å². The number of aryl methyl sites for hydroxylation is 1. The van der Waals surface area contributed by atoms with Crippen molar-refractivity contribution in [2.24, 2.45) is 0 Å². The molecule has 1 amide bonds. The lowest BCUT2D eigenvalue weighted by Gasteiger charge is -2.38. The van der Waals surface area contributed by atoms with Crippen molar-refractivity contribution in [2.45, 2.75) is 69.5 Å². The number of piperazine rings is 1. The Bertz CT molecular complexity index is 778. The third-order valence-corrected chi connectivity index (χ3v) is 7.36. The standard InChI is InChI=1S/C19H29N3O3S.ClH/c1-13-8-9-16(19(23)22-11-10-20-14(2)15(22)3)12-18(13)26(24,25)21-17-6-4-5-7-17;/h8-9,12,14-15,17,20-21H,4-7,10-11H2,1-3H3;1H. The van der Waals surface area contributed by atoms with Crippen LogP contribution in [0.3, 0.4) is 0 Å². The molecule has 1 saturated heterocycles. The molecule has 3 rings (SSSR count). The van der Waals surface area contributed by atoms with E-state index in [1.165, 1.54) is 6.07 Å². The first kappa shape index (κ1) is 22.1. The van der Waals surface area contributed by atoms with Crippen LogP contribution in [0.4, 0.5) is 0 Å². The van der Waals surface area contributed by atoms with E-state index in [4.69, 9.17) is 0 Å². The van der Waals surface area contributed by atoms with Crippen LogP contribution in [0.15, 0.2) is 23.1 Å². The highest BCUT2D eigenvalue weighted by Gasteiger charge is 2.30. The molecule has 6 nitrogen and oxygen atoms in total. The van der Waals surface area contributed by atoms with Gasteiger partial charge in [0.15, 0.2) is 0 Å². The number of carbonyl (C=O) groups is 1. The maximum atomic E-state index is 13.0. The minimum Gasteiger partial charge on any atom is -0.333 e. The van der Waals surface area contributed by atoms with Gasteiger partial charge >= 0.3 is 0 Å². The van der Waals surface area contributed by atoms with Crippen LogP contribution in [0.25, 0.3) is 0 Å². The van der Waals surface area contributed by atoms with Crippen molar-refractivity contribution in [1.29, 1.82) is 0 Å². The fourth-order valence-corrected chi connectivity index (χ4v) is 5.43. The van der Waals surface area contributed by atoms with Crippen molar-refractivity contribution in [1.82, 2.24) is 14.9 Å². The number of rotatable bonds is 4. The van der Waals surface area contributed by atoms with Crippen molar-refractivity contribution in [3.05, 3.63) is 29.3 Å². The number of hydrogen-bond acceptors (Lipinski definition) is 4. The number of halogens is 1. The van der Waals surface area contributed by atoms with Crippen molar-refractivity contribution in [2.75, 3.05) is 13.1 Å². The van der Waals surface area contributed by atoms with Gasteiger partial charge in [0.1, 0.15) is 0 Å². The van der Waals surface area contributed by atoms with Crippen molar-refractivity contribution in [3.8, 4) is 0 Å². The maximum absolute atomic E-state index is 13.0. The second kappa shape index (κ2) is 8.90. The minimum absolute atomic E-state index is 0. The molecule has 1 saturated carbocycles. The van der Waals surface area contributed by atoms with Gasteiger partial charge in [-0.05, 0) is 51.3 Å². The zero-order valence-electron chi connectivity index (χ0n) is 16.2. The Morgan fingerprint density at radius 1 is 1.22 bits per heavy atom. The first-order valence-electron chi connectivity index (χ1n) is 9.47. The monoisotopic (exact) mass is 415 g/mol. The number of carbonyl (C=O) groups excluding carboxylic acids is 1. The summed E-state index contributed by atoms with van der Waals surface area (Å²) in [5, 5.41) is 3.35. The van der Waals surface area contributed by atoms with Gasteiger partial charge in [0.25, 0.3) is 5.91 Å². The largest absolute Gasteiger partial charge is 0.333 e. The smallest absolute Gasteiger partial charge is 0.254 e. The third-order valence-electron chi connectivity index (χ3n) is 5.70. The average molecular weight is 416 g/mol. The molecule has 1 aromatic rings. The zero-order valence-corrected chi connectivity index (χ0v) is 17.8. The molecule has 8 heteroatoms. The van der Waals surface area contributed by atoms with Crippen molar-refractivity contribution in [3.63, 3.8) is 0 Å². The molecule has 2 atom stereocenters. The summed E-state index contributed by atoms with van der Waals surface area (Å²) in [6, 6.07) is 5.28. The van der Waals surface area contributed by atoms with Crippen LogP contribution in [0.2, 0.25) is 0 Å². The second-order valence-corrected chi connectivity index (χ2v) is 9.25. The van der Waals surface area contributed by atoms with Crippen LogP contribution in [0, 0.1) is 6.92 Å². The molecule has 1 aliphatic heterocycles. The molecule has 1 aromatic carbocycles. The average Bonchev–Trinajstić information content (AvgIpc) is 3.09. The highest BCUT2D eigenvalue weighted by atomic mass is 35.5. The lowest BCUT2D eigenvalue weighted by atomic mass is 10.0. The Kier molecular flexibility index (Phi) is 7.30. The van der Waals surface area contributed by atoms with E-state index >= 15 is 0 Å². The Morgan fingerprint density at radius 2 is 1.89 bits per heavy atom. The molecule has 152 valence electrons. The summed E-state index contributed by atoms with van der Waals surface area (Å²) >= 11 is 0. The lowest BCUT2D eigenvalue weighted by molar-refractivity contribution is 0.0602. The molecule has 2 unspecified atom stereocenters. The van der Waals surface area contributed by atoms with E-state index in [1.54, 1.807) is 19.1 Å². The summed E-state index contributed by atoms with van der Waals surface area (Å²) in [4.78, 5) is 15.0. The summed E-state index contributed by atoms with van der Waals surface area (Å²) in [6.07, 6.45) is 3.88. The van der Waals surface area contributed by atoms with E-state index in [-0.39, 0.29) is 41.3 Å². The summed E-state index contributed by atoms with van der Waals surface area (Å²) in [5.74, 6) is -0.108. The van der Waals surface area contributed by atoms with Crippen LogP contribution in [-0.4, -0.2) is 50.4 Å². The Balaban J connectivity index is 0.00000261. The summed E-state index contributed by atoms with van der Waals surface area (Å²) in [6.45, 7) is 7.22. The van der Waals surface area contributed by atoms with Gasteiger partial charge in [-0.1, -0.05) is 18.9 Å². The van der Waals surface area contributed by atoms with E-state index in [9.17, 15) is 13.2 Å². The van der Waals surface area contributed by atoms with E-state index in [0.29, 0.717) is 17.7 Å². The van der Waals surface area contributed by atoms with Gasteiger partial charge in [0, 0.05) is 36.8 Å². The number of nitrogens with one attached hydrogen (secondary N) is 2. The van der Waals surface area contributed by atoms with Crippen molar-refractivity contribution < 1.29 is 13.2 Å². The highest BCUT2D eigenvalue weighted by molar-refractivity contribution is 7.89. The van der Waals surface area contributed by atoms with Gasteiger partial charge < -0.3 is 10.2 Å². The first-order chi connectivity index (χ1) is 12.3. The quantitative estimate of drug-likeness (QED) is 0.791. The third kappa shape index (κ3) is 4.83. The fraction of sp³-hybridized carbons (Fsp3) is 0.632. The van der Waals surface area contributed by atoms with Gasteiger partial charge in [-0.25, -0.2) is 13.1 Å². The van der Waals surface area contributed by atoms with Gasteiger partial charge in [0.05, 0.1) is 4.90 Å². The normalized spacial score (nSPS) is 23.9. The number of hydrogen-bond donors (Lipinski definition) is 2. The van der Waals surface area contributed by atoms with E-state index in [1.807, 2.05) is 11.8 Å². The first-order valence-corrected chi connectivity index (χ1v) is 11.0. The fourth-order valence-electron chi connectivity index (χ4n) is 3.86. The Hall–Kier alpha value is -1.15. The molecule has 0 bridgehead atoms. The molecule has 0 aromatic heterocycles. The van der Waals surface area contributed by atoms with Crippen LogP contribution < -0.4 is 10.0 Å². The molecular weight excluding hydrogens is 386 g/mol. The SMILES string of the molecule is Cc1ccc(C(=O)N2CCNC(C)C2C)cc1S(=O)(=O)NC1CCCC1.Cl. The highest BCUT2D eigenvalue weighted by Crippen LogP contribution is 2.24. The van der Waals surface area contributed by atoms with Crippen molar-refractivity contribution >= 4 is 28.3 Å². The summed E-state index contributed by atoms with van der Waals surface area (Å²) in [5.41, 5.74) is 1.09. The topological polar surface area (TPSA) is 78.5 Å². The van der Waals surface area contributed by atoms with Crippen LogP contribution in [-0.2, 0) is 10.0 Å². The van der Waals surface area contributed by atoms with E-state index < -0.39 is 10.0 Å². The molecule has 0 radical (unpaired) electrons. The molecule has 2 N–H and O–H groups in total. The predicted molar refractivity (Wildman–Crippen MR) is 109 cm³/mol. The molecule has 1 aliphatic carbocycles. The van der Waals surface area contributed by atoms with Gasteiger partial charge in [0.2, 0.25) is 10.0 Å². The van der Waals surface area contributed by atoms with E-state index in [2.05, 4.69) is 17.0 Å². The number of nitrogens with zero attached hydrogens (tertiary/aromatic N) is 1. The van der Waals surface area contributed by atoms with Gasteiger partial charge in [-0.15, -0.1) is 12.4 Å². The Labute approximate surface area is 168 Å². The predicted octanol–water partition coefficient (Wildman–Crippen LogP) is 2.46. The molecule has 2 fully saturated rings.